The van der Waals surface area contributed by atoms with Crippen molar-refractivity contribution in [3.8, 4) is 0 Å². The highest BCUT2D eigenvalue weighted by molar-refractivity contribution is 7.89. The fraction of sp³-hybridized carbons (Fsp3) is 0.500. The minimum absolute atomic E-state index is 0.195. The smallest absolute Gasteiger partial charge is 0.315 e. The van der Waals surface area contributed by atoms with E-state index in [4.69, 9.17) is 0 Å². The Labute approximate surface area is 142 Å². The number of benzene rings is 1. The number of aliphatic carboxylic acids is 1. The van der Waals surface area contributed by atoms with Crippen molar-refractivity contribution in [2.75, 3.05) is 25.4 Å². The quantitative estimate of drug-likeness (QED) is 0.682. The zero-order valence-corrected chi connectivity index (χ0v) is 15.0. The number of carboxylic acid groups (broad SMARTS) is 1. The van der Waals surface area contributed by atoms with Gasteiger partial charge in [0, 0.05) is 19.6 Å². The molecule has 0 saturated carbocycles. The van der Waals surface area contributed by atoms with Crippen molar-refractivity contribution in [2.45, 2.75) is 26.2 Å². The number of carbonyl (C=O) groups is 2. The number of amides is 1. The van der Waals surface area contributed by atoms with Crippen molar-refractivity contribution in [3.05, 3.63) is 35.9 Å². The van der Waals surface area contributed by atoms with Gasteiger partial charge in [0.05, 0.1) is 0 Å². The highest BCUT2D eigenvalue weighted by Crippen LogP contribution is 2.23. The second-order valence-electron chi connectivity index (χ2n) is 5.62. The van der Waals surface area contributed by atoms with Gasteiger partial charge in [-0.1, -0.05) is 44.2 Å². The summed E-state index contributed by atoms with van der Waals surface area (Å²) in [5.74, 6) is -2.51. The number of sulfonamides is 1. The zero-order valence-electron chi connectivity index (χ0n) is 14.2. The fourth-order valence-electron chi connectivity index (χ4n) is 2.31. The van der Waals surface area contributed by atoms with Gasteiger partial charge >= 0.3 is 5.97 Å². The maximum Gasteiger partial charge on any atom is 0.315 e. The number of rotatable bonds is 9. The van der Waals surface area contributed by atoms with Crippen LogP contribution in [0, 0.1) is 0 Å². The summed E-state index contributed by atoms with van der Waals surface area (Å²) < 4.78 is 25.4. The standard InChI is InChI=1S/C16H24N2O5S/c1-4-18(5-2)24(22,23)11-14(19)17-12-16(3,15(20)21)13-9-7-6-8-10-13/h6-10H,4-5,11-12H2,1-3H3,(H,17,19)(H,20,21). The first-order valence-electron chi connectivity index (χ1n) is 7.70. The van der Waals surface area contributed by atoms with E-state index in [0.29, 0.717) is 5.56 Å². The van der Waals surface area contributed by atoms with Gasteiger partial charge in [-0.15, -0.1) is 0 Å². The molecule has 1 amide bonds. The molecule has 7 nitrogen and oxygen atoms in total. The summed E-state index contributed by atoms with van der Waals surface area (Å²) in [7, 11) is -3.70. The van der Waals surface area contributed by atoms with Gasteiger partial charge in [-0.25, -0.2) is 12.7 Å². The van der Waals surface area contributed by atoms with Crippen molar-refractivity contribution >= 4 is 21.9 Å². The average molecular weight is 356 g/mol. The number of hydrogen-bond acceptors (Lipinski definition) is 4. The summed E-state index contributed by atoms with van der Waals surface area (Å²) in [4.78, 5) is 23.6. The number of carboxylic acids is 1. The van der Waals surface area contributed by atoms with Crippen LogP contribution in [0.2, 0.25) is 0 Å². The van der Waals surface area contributed by atoms with Gasteiger partial charge in [0.1, 0.15) is 11.2 Å². The van der Waals surface area contributed by atoms with E-state index in [2.05, 4.69) is 5.32 Å². The molecular weight excluding hydrogens is 332 g/mol. The van der Waals surface area contributed by atoms with Crippen molar-refractivity contribution in [3.63, 3.8) is 0 Å². The summed E-state index contributed by atoms with van der Waals surface area (Å²) in [5, 5.41) is 12.0. The van der Waals surface area contributed by atoms with E-state index in [1.807, 2.05) is 0 Å². The second kappa shape index (κ2) is 8.25. The van der Waals surface area contributed by atoms with Crippen molar-refractivity contribution in [1.82, 2.24) is 9.62 Å². The normalized spacial score (nSPS) is 14.2. The lowest BCUT2D eigenvalue weighted by atomic mass is 9.82. The first-order chi connectivity index (χ1) is 11.2. The van der Waals surface area contributed by atoms with Crippen LogP contribution in [0.25, 0.3) is 0 Å². The minimum atomic E-state index is -3.70. The summed E-state index contributed by atoms with van der Waals surface area (Å²) in [5.41, 5.74) is -0.806. The lowest BCUT2D eigenvalue weighted by Gasteiger charge is -2.26. The van der Waals surface area contributed by atoms with E-state index in [1.165, 1.54) is 11.2 Å². The van der Waals surface area contributed by atoms with Gasteiger partial charge < -0.3 is 10.4 Å². The van der Waals surface area contributed by atoms with Crippen LogP contribution in [-0.4, -0.2) is 55.1 Å². The summed E-state index contributed by atoms with van der Waals surface area (Å²) in [6.45, 7) is 5.24. The lowest BCUT2D eigenvalue weighted by Crippen LogP contribution is -2.47. The largest absolute Gasteiger partial charge is 0.481 e. The van der Waals surface area contributed by atoms with Crippen LogP contribution >= 0.6 is 0 Å². The molecule has 1 unspecified atom stereocenters. The third-order valence-corrected chi connectivity index (χ3v) is 5.86. The van der Waals surface area contributed by atoms with E-state index >= 15 is 0 Å². The number of hydrogen-bond donors (Lipinski definition) is 2. The predicted octanol–water partition coefficient (Wildman–Crippen LogP) is 0.817. The van der Waals surface area contributed by atoms with E-state index in [9.17, 15) is 23.1 Å². The molecule has 0 saturated heterocycles. The maximum absolute atomic E-state index is 12.1. The van der Waals surface area contributed by atoms with Crippen molar-refractivity contribution < 1.29 is 23.1 Å². The van der Waals surface area contributed by atoms with E-state index < -0.39 is 33.1 Å². The molecule has 1 atom stereocenters. The first-order valence-corrected chi connectivity index (χ1v) is 9.31. The highest BCUT2D eigenvalue weighted by Gasteiger charge is 2.36. The molecule has 134 valence electrons. The third-order valence-electron chi connectivity index (χ3n) is 3.93. The summed E-state index contributed by atoms with van der Waals surface area (Å²) in [6, 6.07) is 8.51. The molecule has 1 rings (SSSR count). The number of nitrogens with zero attached hydrogens (tertiary/aromatic N) is 1. The molecular formula is C16H24N2O5S. The van der Waals surface area contributed by atoms with Crippen molar-refractivity contribution in [1.29, 1.82) is 0 Å². The molecule has 2 N–H and O–H groups in total. The summed E-state index contributed by atoms with van der Waals surface area (Å²) >= 11 is 0. The van der Waals surface area contributed by atoms with Crippen LogP contribution in [-0.2, 0) is 25.0 Å². The SMILES string of the molecule is CCN(CC)S(=O)(=O)CC(=O)NCC(C)(C(=O)O)c1ccccc1. The highest BCUT2D eigenvalue weighted by atomic mass is 32.2. The molecule has 0 heterocycles. The molecule has 0 spiro atoms. The Morgan fingerprint density at radius 2 is 1.71 bits per heavy atom. The number of carbonyl (C=O) groups excluding carboxylic acids is 1. The molecule has 0 aromatic heterocycles. The van der Waals surface area contributed by atoms with E-state index in [0.717, 1.165) is 0 Å². The van der Waals surface area contributed by atoms with Gasteiger partial charge in [-0.05, 0) is 12.5 Å². The Morgan fingerprint density at radius 3 is 2.17 bits per heavy atom. The Morgan fingerprint density at radius 1 is 1.17 bits per heavy atom. The van der Waals surface area contributed by atoms with Gasteiger partial charge in [0.15, 0.2) is 0 Å². The Bertz CT molecular complexity index is 671. The Hall–Kier alpha value is -1.93. The molecule has 0 aliphatic rings. The first kappa shape index (κ1) is 20.1. The topological polar surface area (TPSA) is 104 Å². The van der Waals surface area contributed by atoms with Gasteiger partial charge in [-0.3, -0.25) is 9.59 Å². The molecule has 1 aromatic rings. The fourth-order valence-corrected chi connectivity index (χ4v) is 3.71. The van der Waals surface area contributed by atoms with Gasteiger partial charge in [-0.2, -0.15) is 0 Å². The molecule has 1 aromatic carbocycles. The van der Waals surface area contributed by atoms with E-state index in [-0.39, 0.29) is 19.6 Å². The van der Waals surface area contributed by atoms with Crippen LogP contribution in [0.3, 0.4) is 0 Å². The Kier molecular flexibility index (Phi) is 6.92. The van der Waals surface area contributed by atoms with Crippen LogP contribution in [0.5, 0.6) is 0 Å². The molecule has 8 heteroatoms. The van der Waals surface area contributed by atoms with Crippen LogP contribution < -0.4 is 5.32 Å². The van der Waals surface area contributed by atoms with E-state index in [1.54, 1.807) is 44.2 Å². The monoisotopic (exact) mass is 356 g/mol. The van der Waals surface area contributed by atoms with Gasteiger partial charge in [0.2, 0.25) is 15.9 Å². The summed E-state index contributed by atoms with van der Waals surface area (Å²) in [6.07, 6.45) is 0. The van der Waals surface area contributed by atoms with Gasteiger partial charge in [0.25, 0.3) is 0 Å². The maximum atomic E-state index is 12.1. The minimum Gasteiger partial charge on any atom is -0.481 e. The molecule has 0 bridgehead atoms. The van der Waals surface area contributed by atoms with Crippen LogP contribution in [0.4, 0.5) is 0 Å². The molecule has 0 fully saturated rings. The Balaban J connectivity index is 2.82. The molecule has 24 heavy (non-hydrogen) atoms. The molecule has 0 aliphatic heterocycles. The van der Waals surface area contributed by atoms with Crippen LogP contribution in [0.1, 0.15) is 26.3 Å². The molecule has 0 aliphatic carbocycles. The third kappa shape index (κ3) is 4.78. The number of nitrogens with one attached hydrogen (secondary N) is 1. The zero-order chi connectivity index (χ0) is 18.4. The van der Waals surface area contributed by atoms with Crippen molar-refractivity contribution in [2.24, 2.45) is 0 Å². The molecule has 0 radical (unpaired) electrons. The van der Waals surface area contributed by atoms with Crippen LogP contribution in [0.15, 0.2) is 30.3 Å². The lowest BCUT2D eigenvalue weighted by molar-refractivity contribution is -0.143. The second-order valence-corrected chi connectivity index (χ2v) is 7.59. The predicted molar refractivity (Wildman–Crippen MR) is 91.1 cm³/mol. The average Bonchev–Trinajstić information content (AvgIpc) is 2.53.